The number of amides is 2. The second kappa shape index (κ2) is 4.06. The summed E-state index contributed by atoms with van der Waals surface area (Å²) in [4.78, 5) is 15.6. The number of pyridine rings is 1. The lowest BCUT2D eigenvalue weighted by Crippen LogP contribution is -2.44. The van der Waals surface area contributed by atoms with Crippen molar-refractivity contribution in [3.05, 3.63) is 22.8 Å². The molecule has 1 heterocycles. The third kappa shape index (κ3) is 3.08. The van der Waals surface area contributed by atoms with Crippen LogP contribution < -0.4 is 5.32 Å². The van der Waals surface area contributed by atoms with Crippen LogP contribution in [-0.2, 0) is 0 Å². The average molecular weight is 259 g/mol. The third-order valence-electron chi connectivity index (χ3n) is 1.57. The first-order valence-corrected chi connectivity index (χ1v) is 4.93. The van der Waals surface area contributed by atoms with Crippen LogP contribution in [0, 0.1) is 0 Å². The molecule has 0 saturated carbocycles. The van der Waals surface area contributed by atoms with E-state index in [1.165, 1.54) is 0 Å². The summed E-state index contributed by atoms with van der Waals surface area (Å²) in [7, 11) is 5.40. The number of anilines is 1. The highest BCUT2D eigenvalue weighted by molar-refractivity contribution is 9.10. The minimum absolute atomic E-state index is 0.0974. The van der Waals surface area contributed by atoms with Crippen LogP contribution in [0.2, 0.25) is 0 Å². The normalized spacial score (nSPS) is 11.1. The summed E-state index contributed by atoms with van der Waals surface area (Å²) in [5.41, 5.74) is 0. The Morgan fingerprint density at radius 3 is 2.50 bits per heavy atom. The van der Waals surface area contributed by atoms with Gasteiger partial charge in [0.05, 0.1) is 21.1 Å². The number of aromatic nitrogens is 1. The molecule has 0 saturated heterocycles. The van der Waals surface area contributed by atoms with Crippen LogP contribution in [-0.4, -0.2) is 36.6 Å². The fourth-order valence-corrected chi connectivity index (χ4v) is 0.962. The Morgan fingerprint density at radius 1 is 1.43 bits per heavy atom. The Hall–Kier alpha value is -0.940. The highest BCUT2D eigenvalue weighted by atomic mass is 79.9. The van der Waals surface area contributed by atoms with Gasteiger partial charge in [-0.15, -0.1) is 0 Å². The van der Waals surface area contributed by atoms with Crippen molar-refractivity contribution in [2.75, 3.05) is 26.5 Å². The Kier molecular flexibility index (Phi) is 3.23. The molecule has 0 fully saturated rings. The Bertz CT molecular complexity index is 329. The van der Waals surface area contributed by atoms with Crippen LogP contribution >= 0.6 is 15.9 Å². The van der Waals surface area contributed by atoms with Crippen LogP contribution in [0.4, 0.5) is 10.6 Å². The standard InChI is InChI=1S/C9H12BrN3O/c1-13(2,3)9(14)12-8-5-4-7(10)6-11-8/h4-6H,1-3H3/p+1. The zero-order valence-electron chi connectivity index (χ0n) is 8.41. The smallest absolute Gasteiger partial charge is 0.259 e. The maximum absolute atomic E-state index is 11.5. The molecule has 4 nitrogen and oxygen atoms in total. The van der Waals surface area contributed by atoms with E-state index in [4.69, 9.17) is 0 Å². The number of hydrogen-bond donors (Lipinski definition) is 1. The largest absolute Gasteiger partial charge is 0.421 e. The van der Waals surface area contributed by atoms with Crippen LogP contribution in [0.25, 0.3) is 0 Å². The summed E-state index contributed by atoms with van der Waals surface area (Å²) in [5, 5.41) is 2.71. The summed E-state index contributed by atoms with van der Waals surface area (Å²) in [6.07, 6.45) is 1.64. The number of rotatable bonds is 1. The zero-order chi connectivity index (χ0) is 10.8. The molecule has 0 spiro atoms. The fraction of sp³-hybridized carbons (Fsp3) is 0.333. The van der Waals surface area contributed by atoms with Crippen molar-refractivity contribution < 1.29 is 9.28 Å². The lowest BCUT2D eigenvalue weighted by Gasteiger charge is -2.20. The van der Waals surface area contributed by atoms with Gasteiger partial charge in [0.2, 0.25) is 0 Å². The molecule has 2 amide bonds. The first-order valence-electron chi connectivity index (χ1n) is 4.14. The highest BCUT2D eigenvalue weighted by Gasteiger charge is 2.20. The Labute approximate surface area is 91.7 Å². The van der Waals surface area contributed by atoms with Gasteiger partial charge in [-0.2, -0.15) is 0 Å². The van der Waals surface area contributed by atoms with E-state index in [0.717, 1.165) is 4.47 Å². The van der Waals surface area contributed by atoms with Gasteiger partial charge in [-0.3, -0.25) is 5.32 Å². The first kappa shape index (κ1) is 11.1. The molecule has 0 bridgehead atoms. The second-order valence-corrected chi connectivity index (χ2v) is 4.72. The summed E-state index contributed by atoms with van der Waals surface area (Å²) in [6, 6.07) is 3.48. The Morgan fingerprint density at radius 2 is 2.07 bits per heavy atom. The summed E-state index contributed by atoms with van der Waals surface area (Å²) < 4.78 is 1.11. The van der Waals surface area contributed by atoms with E-state index in [-0.39, 0.29) is 10.5 Å². The highest BCUT2D eigenvalue weighted by Crippen LogP contribution is 2.11. The molecule has 1 N–H and O–H groups in total. The number of carbonyl (C=O) groups excluding carboxylic acids is 1. The predicted molar refractivity (Wildman–Crippen MR) is 59.0 cm³/mol. The fourth-order valence-electron chi connectivity index (χ4n) is 0.727. The first-order chi connectivity index (χ1) is 6.39. The SMILES string of the molecule is C[N+](C)(C)C(=O)Nc1ccc(Br)cn1. The number of halogens is 1. The van der Waals surface area contributed by atoms with Crippen molar-refractivity contribution in [3.8, 4) is 0 Å². The van der Waals surface area contributed by atoms with Crippen molar-refractivity contribution in [2.45, 2.75) is 0 Å². The summed E-state index contributed by atoms with van der Waals surface area (Å²) in [5.74, 6) is 0.561. The molecule has 0 aliphatic carbocycles. The third-order valence-corrected chi connectivity index (χ3v) is 2.04. The van der Waals surface area contributed by atoms with E-state index >= 15 is 0 Å². The van der Waals surface area contributed by atoms with Crippen LogP contribution in [0.15, 0.2) is 22.8 Å². The predicted octanol–water partition coefficient (Wildman–Crippen LogP) is 2.08. The van der Waals surface area contributed by atoms with Gasteiger partial charge in [0.1, 0.15) is 5.82 Å². The van der Waals surface area contributed by atoms with E-state index in [1.807, 2.05) is 6.07 Å². The van der Waals surface area contributed by atoms with Gasteiger partial charge in [-0.1, -0.05) is 0 Å². The van der Waals surface area contributed by atoms with Crippen molar-refractivity contribution in [2.24, 2.45) is 0 Å². The number of nitrogens with zero attached hydrogens (tertiary/aromatic N) is 2. The molecule has 0 aliphatic heterocycles. The van der Waals surface area contributed by atoms with Gasteiger partial charge >= 0.3 is 6.03 Å². The minimum Gasteiger partial charge on any atom is -0.259 e. The van der Waals surface area contributed by atoms with Gasteiger partial charge in [0.15, 0.2) is 0 Å². The number of urea groups is 1. The molecule has 1 aromatic rings. The van der Waals surface area contributed by atoms with Gasteiger partial charge < -0.3 is 0 Å². The monoisotopic (exact) mass is 258 g/mol. The molecule has 5 heteroatoms. The summed E-state index contributed by atoms with van der Waals surface area (Å²) in [6.45, 7) is 0. The van der Waals surface area contributed by atoms with Crippen molar-refractivity contribution in [1.29, 1.82) is 0 Å². The van der Waals surface area contributed by atoms with Crippen molar-refractivity contribution in [1.82, 2.24) is 4.98 Å². The van der Waals surface area contributed by atoms with E-state index < -0.39 is 0 Å². The molecule has 14 heavy (non-hydrogen) atoms. The van der Waals surface area contributed by atoms with Crippen LogP contribution in [0.1, 0.15) is 0 Å². The van der Waals surface area contributed by atoms with Gasteiger partial charge in [-0.05, 0) is 28.1 Å². The average Bonchev–Trinajstić information content (AvgIpc) is 2.07. The molecule has 0 aliphatic rings. The molecule has 0 atom stereocenters. The van der Waals surface area contributed by atoms with E-state index in [0.29, 0.717) is 5.82 Å². The Balaban J connectivity index is 2.71. The molecule has 76 valence electrons. The lowest BCUT2D eigenvalue weighted by molar-refractivity contribution is -0.784. The molecular weight excluding hydrogens is 246 g/mol. The van der Waals surface area contributed by atoms with E-state index in [2.05, 4.69) is 26.2 Å². The van der Waals surface area contributed by atoms with E-state index in [1.54, 1.807) is 33.4 Å². The number of carbonyl (C=O) groups is 1. The van der Waals surface area contributed by atoms with Crippen LogP contribution in [0.5, 0.6) is 0 Å². The maximum atomic E-state index is 11.5. The zero-order valence-corrected chi connectivity index (χ0v) is 10.00. The molecular formula is C9H13BrN3O+. The number of hydrogen-bond acceptors (Lipinski definition) is 2. The minimum atomic E-state index is -0.0974. The van der Waals surface area contributed by atoms with Crippen molar-refractivity contribution in [3.63, 3.8) is 0 Å². The van der Waals surface area contributed by atoms with Crippen molar-refractivity contribution >= 4 is 27.8 Å². The molecule has 1 aromatic heterocycles. The lowest BCUT2D eigenvalue weighted by atomic mass is 10.4. The second-order valence-electron chi connectivity index (χ2n) is 3.80. The number of quaternary nitrogens is 1. The molecule has 1 rings (SSSR count). The summed E-state index contributed by atoms with van der Waals surface area (Å²) >= 11 is 3.27. The van der Waals surface area contributed by atoms with Gasteiger partial charge in [-0.25, -0.2) is 14.3 Å². The quantitative estimate of drug-likeness (QED) is 0.784. The molecule has 0 aromatic carbocycles. The van der Waals surface area contributed by atoms with Crippen LogP contribution in [0.3, 0.4) is 0 Å². The topological polar surface area (TPSA) is 42.0 Å². The van der Waals surface area contributed by atoms with E-state index in [9.17, 15) is 4.79 Å². The van der Waals surface area contributed by atoms with Gasteiger partial charge in [0, 0.05) is 10.7 Å². The molecule has 0 unspecified atom stereocenters. The number of nitrogens with one attached hydrogen (secondary N) is 1. The maximum Gasteiger partial charge on any atom is 0.421 e. The van der Waals surface area contributed by atoms with Gasteiger partial charge in [0.25, 0.3) is 0 Å². The molecule has 0 radical (unpaired) electrons.